The third-order valence-electron chi connectivity index (χ3n) is 2.63. The Kier molecular flexibility index (Phi) is 4.68. The van der Waals surface area contributed by atoms with Crippen LogP contribution in [0.2, 0.25) is 0 Å². The summed E-state index contributed by atoms with van der Waals surface area (Å²) in [6.45, 7) is 0.266. The molecule has 0 bridgehead atoms. The van der Waals surface area contributed by atoms with Crippen LogP contribution in [0.3, 0.4) is 0 Å². The number of nitrogens with one attached hydrogen (secondary N) is 2. The lowest BCUT2D eigenvalue weighted by atomic mass is 10.2. The third kappa shape index (κ3) is 4.15. The lowest BCUT2D eigenvalue weighted by Crippen LogP contribution is -2.24. The molecule has 0 aromatic carbocycles. The van der Waals surface area contributed by atoms with E-state index in [9.17, 15) is 14.4 Å². The molecule has 0 aliphatic carbocycles. The molecule has 7 heteroatoms. The summed E-state index contributed by atoms with van der Waals surface area (Å²) in [6.07, 6.45) is 3.93. The number of carboxylic acids is 1. The largest absolute Gasteiger partial charge is 0.478 e. The second-order valence-electron chi connectivity index (χ2n) is 4.09. The van der Waals surface area contributed by atoms with Gasteiger partial charge in [0.05, 0.1) is 6.54 Å². The van der Waals surface area contributed by atoms with Crippen molar-refractivity contribution in [1.29, 1.82) is 0 Å². The van der Waals surface area contributed by atoms with Crippen LogP contribution in [-0.2, 0) is 11.3 Å². The summed E-state index contributed by atoms with van der Waals surface area (Å²) in [7, 11) is 0. The lowest BCUT2D eigenvalue weighted by molar-refractivity contribution is -0.131. The number of carbonyl (C=O) groups is 2. The van der Waals surface area contributed by atoms with E-state index in [1.807, 2.05) is 5.38 Å². The highest BCUT2D eigenvalue weighted by molar-refractivity contribution is 7.10. The summed E-state index contributed by atoms with van der Waals surface area (Å²) in [5.41, 5.74) is 0.676. The number of thiophene rings is 1. The van der Waals surface area contributed by atoms with Gasteiger partial charge in [-0.25, -0.2) is 4.79 Å². The fourth-order valence-electron chi connectivity index (χ4n) is 1.65. The molecule has 3 N–H and O–H groups in total. The minimum Gasteiger partial charge on any atom is -0.478 e. The molecule has 2 aromatic rings. The number of carboxylic acid groups (broad SMARTS) is 1. The summed E-state index contributed by atoms with van der Waals surface area (Å²) in [5, 5.41) is 13.1. The Morgan fingerprint density at radius 1 is 1.38 bits per heavy atom. The molecular formula is C14H12N2O4S. The molecule has 6 nitrogen and oxygen atoms in total. The zero-order valence-electron chi connectivity index (χ0n) is 10.8. The standard InChI is InChI=1S/C14H12N2O4S/c17-12-7-10(3-5-15-12)14(20)16-8-11-9(4-6-21-11)1-2-13(18)19/h1-7H,8H2,(H,15,17)(H,16,20)(H,18,19)/b2-1+. The van der Waals surface area contributed by atoms with Gasteiger partial charge in [0.15, 0.2) is 0 Å². The van der Waals surface area contributed by atoms with Crippen LogP contribution in [0.25, 0.3) is 6.08 Å². The van der Waals surface area contributed by atoms with E-state index in [1.165, 1.54) is 35.7 Å². The van der Waals surface area contributed by atoms with Crippen LogP contribution >= 0.6 is 11.3 Å². The molecule has 21 heavy (non-hydrogen) atoms. The Hall–Kier alpha value is -2.67. The fraction of sp³-hybridized carbons (Fsp3) is 0.0714. The van der Waals surface area contributed by atoms with E-state index in [1.54, 1.807) is 6.07 Å². The molecule has 0 saturated heterocycles. The molecule has 2 rings (SSSR count). The van der Waals surface area contributed by atoms with Crippen molar-refractivity contribution in [1.82, 2.24) is 10.3 Å². The predicted molar refractivity (Wildman–Crippen MR) is 79.2 cm³/mol. The molecule has 0 aliphatic heterocycles. The number of aromatic amines is 1. The molecule has 0 aliphatic rings. The van der Waals surface area contributed by atoms with Crippen LogP contribution in [0.5, 0.6) is 0 Å². The van der Waals surface area contributed by atoms with Crippen LogP contribution in [0.15, 0.2) is 40.6 Å². The maximum Gasteiger partial charge on any atom is 0.328 e. The lowest BCUT2D eigenvalue weighted by Gasteiger charge is -2.04. The first kappa shape index (κ1) is 14.7. The second-order valence-corrected chi connectivity index (χ2v) is 5.10. The number of amides is 1. The summed E-state index contributed by atoms with van der Waals surface area (Å²) in [6, 6.07) is 4.50. The Balaban J connectivity index is 2.04. The van der Waals surface area contributed by atoms with Crippen molar-refractivity contribution in [2.75, 3.05) is 0 Å². The Labute approximate surface area is 123 Å². The van der Waals surface area contributed by atoms with Crippen LogP contribution < -0.4 is 10.9 Å². The SMILES string of the molecule is O=C(O)/C=C/c1ccsc1CNC(=O)c1cc[nH]c(=O)c1. The average Bonchev–Trinajstić information content (AvgIpc) is 2.90. The predicted octanol–water partition coefficient (Wildman–Crippen LogP) is 1.46. The van der Waals surface area contributed by atoms with Gasteiger partial charge in [0, 0.05) is 28.8 Å². The van der Waals surface area contributed by atoms with Crippen molar-refractivity contribution >= 4 is 29.3 Å². The van der Waals surface area contributed by atoms with Crippen LogP contribution in [0.1, 0.15) is 20.8 Å². The van der Waals surface area contributed by atoms with E-state index in [2.05, 4.69) is 10.3 Å². The molecule has 108 valence electrons. The minimum absolute atomic E-state index is 0.266. The number of rotatable bonds is 5. The van der Waals surface area contributed by atoms with Gasteiger partial charge in [-0.3, -0.25) is 9.59 Å². The van der Waals surface area contributed by atoms with Crippen molar-refractivity contribution in [3.05, 3.63) is 62.2 Å². The number of hydrogen-bond donors (Lipinski definition) is 3. The number of hydrogen-bond acceptors (Lipinski definition) is 4. The van der Waals surface area contributed by atoms with Gasteiger partial charge < -0.3 is 15.4 Å². The van der Waals surface area contributed by atoms with Crippen LogP contribution in [0, 0.1) is 0 Å². The number of aliphatic carboxylic acids is 1. The summed E-state index contributed by atoms with van der Waals surface area (Å²) < 4.78 is 0. The summed E-state index contributed by atoms with van der Waals surface area (Å²) >= 11 is 1.41. The Bertz CT molecular complexity index is 745. The molecule has 0 fully saturated rings. The molecule has 1 amide bonds. The van der Waals surface area contributed by atoms with E-state index in [4.69, 9.17) is 5.11 Å². The maximum absolute atomic E-state index is 11.9. The van der Waals surface area contributed by atoms with Crippen LogP contribution in [0.4, 0.5) is 0 Å². The first-order chi connectivity index (χ1) is 10.1. The molecule has 0 atom stereocenters. The third-order valence-corrected chi connectivity index (χ3v) is 3.57. The van der Waals surface area contributed by atoms with Gasteiger partial charge in [-0.1, -0.05) is 0 Å². The first-order valence-electron chi connectivity index (χ1n) is 6.00. The van der Waals surface area contributed by atoms with Gasteiger partial charge in [-0.15, -0.1) is 11.3 Å². The van der Waals surface area contributed by atoms with Gasteiger partial charge in [0.2, 0.25) is 5.56 Å². The van der Waals surface area contributed by atoms with Crippen molar-refractivity contribution < 1.29 is 14.7 Å². The van der Waals surface area contributed by atoms with Crippen molar-refractivity contribution in [3.8, 4) is 0 Å². The molecule has 0 unspecified atom stereocenters. The smallest absolute Gasteiger partial charge is 0.328 e. The molecule has 0 spiro atoms. The topological polar surface area (TPSA) is 99.3 Å². The van der Waals surface area contributed by atoms with Gasteiger partial charge in [0.25, 0.3) is 5.91 Å². The maximum atomic E-state index is 11.9. The van der Waals surface area contributed by atoms with E-state index < -0.39 is 5.97 Å². The highest BCUT2D eigenvalue weighted by Gasteiger charge is 2.08. The Morgan fingerprint density at radius 2 is 2.19 bits per heavy atom. The van der Waals surface area contributed by atoms with E-state index in [0.29, 0.717) is 0 Å². The number of pyridine rings is 1. The van der Waals surface area contributed by atoms with E-state index in [-0.39, 0.29) is 23.6 Å². The van der Waals surface area contributed by atoms with Gasteiger partial charge in [-0.05, 0) is 29.2 Å². The minimum atomic E-state index is -1.03. The van der Waals surface area contributed by atoms with Gasteiger partial charge in [0.1, 0.15) is 0 Å². The summed E-state index contributed by atoms with van der Waals surface area (Å²) in [4.78, 5) is 36.8. The zero-order valence-corrected chi connectivity index (χ0v) is 11.6. The summed E-state index contributed by atoms with van der Waals surface area (Å²) in [5.74, 6) is -1.39. The number of aromatic nitrogens is 1. The molecule has 0 radical (unpaired) electrons. The normalized spacial score (nSPS) is 10.7. The first-order valence-corrected chi connectivity index (χ1v) is 6.88. The quantitative estimate of drug-likeness (QED) is 0.728. The van der Waals surface area contributed by atoms with Gasteiger partial charge in [-0.2, -0.15) is 0 Å². The van der Waals surface area contributed by atoms with Gasteiger partial charge >= 0.3 is 5.97 Å². The highest BCUT2D eigenvalue weighted by atomic mass is 32.1. The Morgan fingerprint density at radius 3 is 2.90 bits per heavy atom. The number of H-pyrrole nitrogens is 1. The fourth-order valence-corrected chi connectivity index (χ4v) is 2.46. The molecule has 2 aromatic heterocycles. The van der Waals surface area contributed by atoms with Crippen molar-refractivity contribution in [2.24, 2.45) is 0 Å². The molecular weight excluding hydrogens is 292 g/mol. The second kappa shape index (κ2) is 6.67. The monoisotopic (exact) mass is 304 g/mol. The average molecular weight is 304 g/mol. The molecule has 0 saturated carbocycles. The molecule has 2 heterocycles. The number of carbonyl (C=O) groups excluding carboxylic acids is 1. The van der Waals surface area contributed by atoms with Crippen molar-refractivity contribution in [3.63, 3.8) is 0 Å². The van der Waals surface area contributed by atoms with E-state index >= 15 is 0 Å². The highest BCUT2D eigenvalue weighted by Crippen LogP contribution is 2.18. The van der Waals surface area contributed by atoms with Crippen molar-refractivity contribution in [2.45, 2.75) is 6.54 Å². The zero-order chi connectivity index (χ0) is 15.2. The van der Waals surface area contributed by atoms with E-state index in [0.717, 1.165) is 16.5 Å². The van der Waals surface area contributed by atoms with Crippen LogP contribution in [-0.4, -0.2) is 22.0 Å².